The summed E-state index contributed by atoms with van der Waals surface area (Å²) in [5.41, 5.74) is 0.902. The number of carbonyl (C=O) groups is 1. The summed E-state index contributed by atoms with van der Waals surface area (Å²) < 4.78 is 23.8. The molecule has 0 aliphatic carbocycles. The number of benzene rings is 2. The number of phenols is 1. The quantitative estimate of drug-likeness (QED) is 0.684. The molecule has 3 rings (SSSR count). The Labute approximate surface area is 142 Å². The molecular weight excluding hydrogens is 333 g/mol. The maximum Gasteiger partial charge on any atom is 0.301 e. The van der Waals surface area contributed by atoms with Gasteiger partial charge in [0.2, 0.25) is 0 Å². The normalized spacial score (nSPS) is 15.8. The molecule has 0 spiro atoms. The lowest BCUT2D eigenvalue weighted by atomic mass is 10.2. The number of anilines is 1. The molecule has 0 aromatic heterocycles. The van der Waals surface area contributed by atoms with E-state index in [0.717, 1.165) is 6.07 Å². The Morgan fingerprint density at radius 3 is 2.58 bits per heavy atom. The van der Waals surface area contributed by atoms with Crippen LogP contribution in [-0.4, -0.2) is 23.3 Å². The van der Waals surface area contributed by atoms with Crippen molar-refractivity contribution in [2.75, 3.05) is 12.0 Å². The van der Waals surface area contributed by atoms with Crippen molar-refractivity contribution in [3.05, 3.63) is 59.6 Å². The first-order valence-electron chi connectivity index (χ1n) is 6.90. The molecule has 5 nitrogen and oxygen atoms in total. The topological polar surface area (TPSA) is 59.0 Å². The Hall–Kier alpha value is -2.93. The number of halogens is 1. The maximum atomic E-state index is 13.4. The fraction of sp³-hybridized carbons (Fsp3) is 0.0588. The third kappa shape index (κ3) is 2.93. The predicted octanol–water partition coefficient (Wildman–Crippen LogP) is 3.23. The van der Waals surface area contributed by atoms with Crippen molar-refractivity contribution in [1.82, 2.24) is 0 Å². The van der Waals surface area contributed by atoms with Gasteiger partial charge in [0.1, 0.15) is 5.75 Å². The van der Waals surface area contributed by atoms with Crippen molar-refractivity contribution in [2.24, 2.45) is 0 Å². The first kappa shape index (κ1) is 15.9. The summed E-state index contributed by atoms with van der Waals surface area (Å²) in [5, 5.41) is 9.18. The highest BCUT2D eigenvalue weighted by Gasteiger charge is 2.34. The first-order chi connectivity index (χ1) is 11.5. The molecule has 1 saturated heterocycles. The molecule has 1 aliphatic rings. The minimum Gasteiger partial charge on any atom is -0.505 e. The average Bonchev–Trinajstić information content (AvgIpc) is 2.85. The van der Waals surface area contributed by atoms with Gasteiger partial charge in [0.25, 0.3) is 5.17 Å². The van der Waals surface area contributed by atoms with E-state index in [1.807, 2.05) is 0 Å². The lowest BCUT2D eigenvalue weighted by molar-refractivity contribution is -0.114. The van der Waals surface area contributed by atoms with Crippen LogP contribution in [0.2, 0.25) is 0 Å². The molecule has 0 unspecified atom stereocenters. The number of amides is 1. The number of nitrogens with zero attached hydrogens (tertiary/aromatic N) is 1. The van der Waals surface area contributed by atoms with Gasteiger partial charge >= 0.3 is 5.91 Å². The van der Waals surface area contributed by atoms with Crippen LogP contribution in [0.25, 0.3) is 6.08 Å². The van der Waals surface area contributed by atoms with Crippen LogP contribution in [0.15, 0.2) is 48.2 Å². The smallest absolute Gasteiger partial charge is 0.301 e. The Kier molecular flexibility index (Phi) is 4.18. The summed E-state index contributed by atoms with van der Waals surface area (Å²) in [4.78, 5) is 13.7. The summed E-state index contributed by atoms with van der Waals surface area (Å²) >= 11 is 5.10. The minimum atomic E-state index is -0.788. The van der Waals surface area contributed by atoms with Crippen LogP contribution >= 0.6 is 12.2 Å². The van der Waals surface area contributed by atoms with E-state index in [4.69, 9.17) is 21.7 Å². The number of phenolic OH excluding ortho intramolecular Hbond substituents is 1. The van der Waals surface area contributed by atoms with E-state index in [0.29, 0.717) is 17.0 Å². The molecule has 1 fully saturated rings. The van der Waals surface area contributed by atoms with Crippen molar-refractivity contribution in [1.29, 1.82) is 0 Å². The molecule has 0 radical (unpaired) electrons. The molecule has 1 heterocycles. The summed E-state index contributed by atoms with van der Waals surface area (Å²) in [5.74, 6) is -1.09. The van der Waals surface area contributed by atoms with Crippen molar-refractivity contribution in [3.63, 3.8) is 0 Å². The van der Waals surface area contributed by atoms with Gasteiger partial charge in [0.15, 0.2) is 17.3 Å². The Morgan fingerprint density at radius 2 is 1.96 bits per heavy atom. The molecule has 122 valence electrons. The highest BCUT2D eigenvalue weighted by atomic mass is 32.1. The van der Waals surface area contributed by atoms with Crippen molar-refractivity contribution in [2.45, 2.75) is 0 Å². The number of hydrogen-bond acceptors (Lipinski definition) is 5. The fourth-order valence-electron chi connectivity index (χ4n) is 2.19. The zero-order valence-corrected chi connectivity index (χ0v) is 13.3. The largest absolute Gasteiger partial charge is 0.505 e. The second kappa shape index (κ2) is 6.29. The van der Waals surface area contributed by atoms with Gasteiger partial charge in [-0.1, -0.05) is 6.07 Å². The standard InChI is InChI=1S/C17H12FNO4S/c1-22-12-5-3-11(4-6-12)19-16(21)15(23-17(19)24)9-10-2-7-14(20)13(18)8-10/h2-9,20H,1H3/b15-9-. The molecule has 2 aromatic carbocycles. The Morgan fingerprint density at radius 1 is 1.25 bits per heavy atom. The van der Waals surface area contributed by atoms with Crippen molar-refractivity contribution in [3.8, 4) is 11.5 Å². The molecular formula is C17H12FNO4S. The number of ether oxygens (including phenoxy) is 2. The summed E-state index contributed by atoms with van der Waals surface area (Å²) in [6, 6.07) is 10.5. The first-order valence-corrected chi connectivity index (χ1v) is 7.31. The second-order valence-electron chi connectivity index (χ2n) is 4.93. The van der Waals surface area contributed by atoms with Gasteiger partial charge in [-0.3, -0.25) is 4.79 Å². The van der Waals surface area contributed by atoms with Crippen molar-refractivity contribution < 1.29 is 23.8 Å². The molecule has 0 saturated carbocycles. The van der Waals surface area contributed by atoms with Gasteiger partial charge < -0.3 is 14.6 Å². The molecule has 7 heteroatoms. The van der Waals surface area contributed by atoms with E-state index in [9.17, 15) is 14.3 Å². The average molecular weight is 345 g/mol. The number of hydrogen-bond donors (Lipinski definition) is 1. The molecule has 0 bridgehead atoms. The van der Waals surface area contributed by atoms with Crippen LogP contribution in [0.4, 0.5) is 10.1 Å². The molecule has 1 aliphatic heterocycles. The van der Waals surface area contributed by atoms with E-state index in [2.05, 4.69) is 0 Å². The number of thiocarbonyl (C=S) groups is 1. The van der Waals surface area contributed by atoms with E-state index < -0.39 is 17.5 Å². The lowest BCUT2D eigenvalue weighted by Gasteiger charge is -2.12. The Balaban J connectivity index is 1.90. The number of methoxy groups -OCH3 is 1. The van der Waals surface area contributed by atoms with E-state index in [1.54, 1.807) is 31.4 Å². The zero-order valence-electron chi connectivity index (χ0n) is 12.5. The van der Waals surface area contributed by atoms with E-state index in [-0.39, 0.29) is 10.9 Å². The van der Waals surface area contributed by atoms with Crippen LogP contribution in [0.1, 0.15) is 5.56 Å². The monoisotopic (exact) mass is 345 g/mol. The highest BCUT2D eigenvalue weighted by molar-refractivity contribution is 7.80. The van der Waals surface area contributed by atoms with Gasteiger partial charge in [-0.15, -0.1) is 0 Å². The molecule has 1 N–H and O–H groups in total. The number of rotatable bonds is 3. The lowest BCUT2D eigenvalue weighted by Crippen LogP contribution is -2.27. The van der Waals surface area contributed by atoms with Gasteiger partial charge in [-0.05, 0) is 60.3 Å². The molecule has 24 heavy (non-hydrogen) atoms. The molecule has 2 aromatic rings. The van der Waals surface area contributed by atoms with Crippen LogP contribution in [-0.2, 0) is 9.53 Å². The van der Waals surface area contributed by atoms with Crippen LogP contribution < -0.4 is 9.64 Å². The minimum absolute atomic E-state index is 0.0179. The zero-order chi connectivity index (χ0) is 17.3. The SMILES string of the molecule is COc1ccc(N2C(=O)/C(=C/c3ccc(O)c(F)c3)OC2=S)cc1. The maximum absolute atomic E-state index is 13.4. The van der Waals surface area contributed by atoms with Crippen LogP contribution in [0, 0.1) is 5.82 Å². The predicted molar refractivity (Wildman–Crippen MR) is 90.2 cm³/mol. The van der Waals surface area contributed by atoms with Crippen molar-refractivity contribution >= 4 is 35.1 Å². The molecule has 1 amide bonds. The number of carbonyl (C=O) groups excluding carboxylic acids is 1. The summed E-state index contributed by atoms with van der Waals surface area (Å²) in [7, 11) is 1.54. The fourth-order valence-corrected chi connectivity index (χ4v) is 2.46. The van der Waals surface area contributed by atoms with Gasteiger partial charge in [-0.25, -0.2) is 9.29 Å². The highest BCUT2D eigenvalue weighted by Crippen LogP contribution is 2.28. The third-order valence-corrected chi connectivity index (χ3v) is 3.66. The summed E-state index contributed by atoms with van der Waals surface area (Å²) in [6.45, 7) is 0. The van der Waals surface area contributed by atoms with Gasteiger partial charge in [0, 0.05) is 0 Å². The van der Waals surface area contributed by atoms with E-state index in [1.165, 1.54) is 23.1 Å². The second-order valence-corrected chi connectivity index (χ2v) is 5.28. The number of aromatic hydroxyl groups is 1. The third-order valence-electron chi connectivity index (χ3n) is 3.39. The van der Waals surface area contributed by atoms with Crippen LogP contribution in [0.5, 0.6) is 11.5 Å². The van der Waals surface area contributed by atoms with Gasteiger partial charge in [0.05, 0.1) is 12.8 Å². The van der Waals surface area contributed by atoms with E-state index >= 15 is 0 Å². The van der Waals surface area contributed by atoms with Gasteiger partial charge in [-0.2, -0.15) is 0 Å². The van der Waals surface area contributed by atoms with Crippen LogP contribution in [0.3, 0.4) is 0 Å². The Bertz CT molecular complexity index is 848. The summed E-state index contributed by atoms with van der Waals surface area (Å²) in [6.07, 6.45) is 1.36. The molecule has 0 atom stereocenters.